The van der Waals surface area contributed by atoms with E-state index in [1.165, 1.54) is 0 Å². The molecule has 0 saturated carbocycles. The first kappa shape index (κ1) is 17.5. The molecular weight excluding hydrogens is 336 g/mol. The van der Waals surface area contributed by atoms with Crippen LogP contribution in [-0.2, 0) is 9.59 Å². The van der Waals surface area contributed by atoms with Crippen molar-refractivity contribution in [2.45, 2.75) is 27.2 Å². The summed E-state index contributed by atoms with van der Waals surface area (Å²) in [5.74, 6) is -0.506. The van der Waals surface area contributed by atoms with Gasteiger partial charge in [0.25, 0.3) is 0 Å². The fourth-order valence-corrected chi connectivity index (χ4v) is 3.50. The molecule has 4 nitrogen and oxygen atoms in total. The maximum atomic E-state index is 12.7. The van der Waals surface area contributed by atoms with Crippen molar-refractivity contribution in [2.24, 2.45) is 5.92 Å². The average Bonchev–Trinajstić information content (AvgIpc) is 2.93. The van der Waals surface area contributed by atoms with Gasteiger partial charge in [0.2, 0.25) is 11.8 Å². The Bertz CT molecular complexity index is 827. The number of hydrogen-bond donors (Lipinski definition) is 1. The zero-order chi connectivity index (χ0) is 18.1. The first-order valence-corrected chi connectivity index (χ1v) is 8.68. The number of nitrogens with one attached hydrogen (secondary N) is 1. The summed E-state index contributed by atoms with van der Waals surface area (Å²) in [5.41, 5.74) is 4.61. The Balaban J connectivity index is 1.77. The minimum Gasteiger partial charge on any atom is -0.325 e. The van der Waals surface area contributed by atoms with Crippen LogP contribution in [0.25, 0.3) is 0 Å². The number of carbonyl (C=O) groups is 2. The van der Waals surface area contributed by atoms with Crippen molar-refractivity contribution < 1.29 is 9.59 Å². The molecule has 0 radical (unpaired) electrons. The molecule has 1 heterocycles. The van der Waals surface area contributed by atoms with Crippen LogP contribution in [0.15, 0.2) is 36.4 Å². The van der Waals surface area contributed by atoms with Crippen molar-refractivity contribution in [3.8, 4) is 0 Å². The molecule has 2 aromatic rings. The Morgan fingerprint density at radius 1 is 1.12 bits per heavy atom. The van der Waals surface area contributed by atoms with E-state index in [2.05, 4.69) is 5.32 Å². The molecule has 1 saturated heterocycles. The second kappa shape index (κ2) is 6.89. The van der Waals surface area contributed by atoms with Crippen LogP contribution in [0.4, 0.5) is 11.4 Å². The first-order chi connectivity index (χ1) is 11.9. The van der Waals surface area contributed by atoms with Gasteiger partial charge in [-0.1, -0.05) is 29.8 Å². The highest BCUT2D eigenvalue weighted by Crippen LogP contribution is 2.30. The molecule has 0 spiro atoms. The van der Waals surface area contributed by atoms with E-state index in [0.29, 0.717) is 11.6 Å². The van der Waals surface area contributed by atoms with Crippen LogP contribution in [0.1, 0.15) is 23.1 Å². The van der Waals surface area contributed by atoms with Gasteiger partial charge in [-0.15, -0.1) is 0 Å². The van der Waals surface area contributed by atoms with Crippen molar-refractivity contribution >= 4 is 34.8 Å². The minimum absolute atomic E-state index is 0.0351. The van der Waals surface area contributed by atoms with Crippen LogP contribution in [0, 0.1) is 26.7 Å². The van der Waals surface area contributed by atoms with Gasteiger partial charge in [-0.25, -0.2) is 0 Å². The number of hydrogen-bond acceptors (Lipinski definition) is 2. The average molecular weight is 357 g/mol. The third-order valence-electron chi connectivity index (χ3n) is 4.67. The molecule has 1 atom stereocenters. The van der Waals surface area contributed by atoms with E-state index in [4.69, 9.17) is 11.6 Å². The molecule has 5 heteroatoms. The van der Waals surface area contributed by atoms with Crippen molar-refractivity contribution in [3.05, 3.63) is 58.1 Å². The van der Waals surface area contributed by atoms with Gasteiger partial charge in [-0.05, 0) is 55.7 Å². The highest BCUT2D eigenvalue weighted by Gasteiger charge is 2.35. The quantitative estimate of drug-likeness (QED) is 0.893. The molecule has 1 fully saturated rings. The van der Waals surface area contributed by atoms with Gasteiger partial charge in [0.15, 0.2) is 0 Å². The van der Waals surface area contributed by atoms with E-state index in [-0.39, 0.29) is 24.2 Å². The number of anilines is 2. The van der Waals surface area contributed by atoms with Gasteiger partial charge in [0.05, 0.1) is 5.92 Å². The number of halogens is 1. The monoisotopic (exact) mass is 356 g/mol. The topological polar surface area (TPSA) is 49.4 Å². The zero-order valence-corrected chi connectivity index (χ0v) is 15.4. The smallest absolute Gasteiger partial charge is 0.229 e. The lowest BCUT2D eigenvalue weighted by molar-refractivity contribution is -0.122. The molecule has 25 heavy (non-hydrogen) atoms. The summed E-state index contributed by atoms with van der Waals surface area (Å²) in [4.78, 5) is 26.8. The third kappa shape index (κ3) is 3.54. The Morgan fingerprint density at radius 2 is 1.80 bits per heavy atom. The molecule has 1 unspecified atom stereocenters. The third-order valence-corrected chi connectivity index (χ3v) is 4.91. The summed E-state index contributed by atoms with van der Waals surface area (Å²) in [6.45, 7) is 6.23. The fraction of sp³-hybridized carbons (Fsp3) is 0.300. The van der Waals surface area contributed by atoms with Gasteiger partial charge in [-0.3, -0.25) is 9.59 Å². The molecule has 1 aliphatic rings. The Morgan fingerprint density at radius 3 is 2.44 bits per heavy atom. The summed E-state index contributed by atoms with van der Waals surface area (Å²) < 4.78 is 0. The Kier molecular flexibility index (Phi) is 4.82. The number of nitrogens with zero attached hydrogens (tertiary/aromatic N) is 1. The van der Waals surface area contributed by atoms with E-state index in [1.54, 1.807) is 11.0 Å². The van der Waals surface area contributed by atoms with Crippen LogP contribution in [0.3, 0.4) is 0 Å². The summed E-state index contributed by atoms with van der Waals surface area (Å²) >= 11 is 5.99. The summed E-state index contributed by atoms with van der Waals surface area (Å²) in [6, 6.07) is 11.3. The molecule has 2 amide bonds. The molecule has 0 aromatic heterocycles. The lowest BCUT2D eigenvalue weighted by Gasteiger charge is -2.19. The van der Waals surface area contributed by atoms with E-state index in [9.17, 15) is 9.59 Å². The maximum absolute atomic E-state index is 12.7. The molecule has 2 aromatic carbocycles. The summed E-state index contributed by atoms with van der Waals surface area (Å²) in [5, 5.41) is 3.63. The molecule has 3 rings (SSSR count). The SMILES string of the molecule is Cc1cc(Cl)ccc1N1CC(C(=O)Nc2c(C)cccc2C)CC1=O. The number of rotatable bonds is 3. The maximum Gasteiger partial charge on any atom is 0.229 e. The van der Waals surface area contributed by atoms with Gasteiger partial charge >= 0.3 is 0 Å². The van der Waals surface area contributed by atoms with Crippen LogP contribution < -0.4 is 10.2 Å². The molecular formula is C20H21ClN2O2. The van der Waals surface area contributed by atoms with Crippen LogP contribution >= 0.6 is 11.6 Å². The standard InChI is InChI=1S/C20H21ClN2O2/c1-12-5-4-6-13(2)19(12)22-20(25)15-10-18(24)23(11-15)17-8-7-16(21)9-14(17)3/h4-9,15H,10-11H2,1-3H3,(H,22,25). The van der Waals surface area contributed by atoms with Gasteiger partial charge in [-0.2, -0.15) is 0 Å². The van der Waals surface area contributed by atoms with Crippen molar-refractivity contribution in [3.63, 3.8) is 0 Å². The van der Waals surface area contributed by atoms with E-state index in [0.717, 1.165) is 28.1 Å². The molecule has 0 bridgehead atoms. The predicted octanol–water partition coefficient (Wildman–Crippen LogP) is 4.26. The lowest BCUT2D eigenvalue weighted by Crippen LogP contribution is -2.28. The Labute approximate surface area is 152 Å². The van der Waals surface area contributed by atoms with Crippen molar-refractivity contribution in [1.29, 1.82) is 0 Å². The highest BCUT2D eigenvalue weighted by molar-refractivity contribution is 6.30. The van der Waals surface area contributed by atoms with Crippen LogP contribution in [0.5, 0.6) is 0 Å². The fourth-order valence-electron chi connectivity index (χ4n) is 3.27. The number of carbonyl (C=O) groups excluding carboxylic acids is 2. The second-order valence-corrected chi connectivity index (χ2v) is 7.03. The minimum atomic E-state index is -0.360. The van der Waals surface area contributed by atoms with Crippen LogP contribution in [-0.4, -0.2) is 18.4 Å². The lowest BCUT2D eigenvalue weighted by atomic mass is 10.1. The van der Waals surface area contributed by atoms with E-state index < -0.39 is 0 Å². The number of para-hydroxylation sites is 1. The molecule has 130 valence electrons. The van der Waals surface area contributed by atoms with Gasteiger partial charge in [0.1, 0.15) is 0 Å². The van der Waals surface area contributed by atoms with E-state index in [1.807, 2.05) is 51.1 Å². The first-order valence-electron chi connectivity index (χ1n) is 8.30. The second-order valence-electron chi connectivity index (χ2n) is 6.59. The number of amides is 2. The summed E-state index contributed by atoms with van der Waals surface area (Å²) in [6.07, 6.45) is 0.221. The molecule has 1 N–H and O–H groups in total. The largest absolute Gasteiger partial charge is 0.325 e. The predicted molar refractivity (Wildman–Crippen MR) is 101 cm³/mol. The van der Waals surface area contributed by atoms with Crippen molar-refractivity contribution in [2.75, 3.05) is 16.8 Å². The normalized spacial score (nSPS) is 17.0. The van der Waals surface area contributed by atoms with Gasteiger partial charge in [0, 0.05) is 29.4 Å². The Hall–Kier alpha value is -2.33. The molecule has 0 aliphatic carbocycles. The molecule has 1 aliphatic heterocycles. The number of benzene rings is 2. The van der Waals surface area contributed by atoms with Crippen molar-refractivity contribution in [1.82, 2.24) is 0 Å². The van der Waals surface area contributed by atoms with Gasteiger partial charge < -0.3 is 10.2 Å². The number of aryl methyl sites for hydroxylation is 3. The highest BCUT2D eigenvalue weighted by atomic mass is 35.5. The van der Waals surface area contributed by atoms with Crippen LogP contribution in [0.2, 0.25) is 5.02 Å². The van der Waals surface area contributed by atoms with E-state index >= 15 is 0 Å². The zero-order valence-electron chi connectivity index (χ0n) is 14.6. The summed E-state index contributed by atoms with van der Waals surface area (Å²) in [7, 11) is 0.